The number of carbonyl (C=O) groups is 2. The maximum atomic E-state index is 11.7. The van der Waals surface area contributed by atoms with Crippen LogP contribution in [0.4, 0.5) is 16.2 Å². The van der Waals surface area contributed by atoms with E-state index in [0.717, 1.165) is 24.2 Å². The molecule has 1 aromatic carbocycles. The maximum absolute atomic E-state index is 11.7. The molecule has 6 heteroatoms. The minimum absolute atomic E-state index is 0.0914. The lowest BCUT2D eigenvalue weighted by Crippen LogP contribution is -2.35. The normalized spacial score (nSPS) is 14.0. The molecule has 23 heavy (non-hydrogen) atoms. The van der Waals surface area contributed by atoms with Crippen molar-refractivity contribution in [2.45, 2.75) is 39.2 Å². The van der Waals surface area contributed by atoms with Crippen LogP contribution in [-0.2, 0) is 9.53 Å². The van der Waals surface area contributed by atoms with Crippen molar-refractivity contribution >= 4 is 23.4 Å². The topological polar surface area (TPSA) is 79.5 Å². The van der Waals surface area contributed by atoms with Crippen LogP contribution in [0.25, 0.3) is 0 Å². The standard InChI is InChI=1S/C17H25N3O3/c1-17(2,3)23-16(22)19-10-9-18-13-5-4-6-14(11-13)20-15(21)12-7-8-12/h4-6,11-12,18H,7-10H2,1-3H3,(H,19,22)(H,20,21). The van der Waals surface area contributed by atoms with Gasteiger partial charge < -0.3 is 20.7 Å². The molecule has 1 aliphatic rings. The Morgan fingerprint density at radius 2 is 1.87 bits per heavy atom. The van der Waals surface area contributed by atoms with E-state index >= 15 is 0 Å². The molecular weight excluding hydrogens is 294 g/mol. The van der Waals surface area contributed by atoms with Crippen molar-refractivity contribution in [1.82, 2.24) is 5.32 Å². The number of alkyl carbamates (subject to hydrolysis) is 1. The number of hydrogen-bond donors (Lipinski definition) is 3. The molecule has 1 aromatic rings. The summed E-state index contributed by atoms with van der Waals surface area (Å²) in [6, 6.07) is 7.55. The van der Waals surface area contributed by atoms with E-state index in [9.17, 15) is 9.59 Å². The lowest BCUT2D eigenvalue weighted by atomic mass is 10.2. The molecule has 0 heterocycles. The number of ether oxygens (including phenoxy) is 1. The molecule has 0 aliphatic heterocycles. The van der Waals surface area contributed by atoms with Crippen molar-refractivity contribution in [2.24, 2.45) is 5.92 Å². The van der Waals surface area contributed by atoms with Crippen LogP contribution < -0.4 is 16.0 Å². The quantitative estimate of drug-likeness (QED) is 0.704. The van der Waals surface area contributed by atoms with Crippen LogP contribution >= 0.6 is 0 Å². The largest absolute Gasteiger partial charge is 0.444 e. The average Bonchev–Trinajstić information content (AvgIpc) is 3.26. The zero-order chi connectivity index (χ0) is 16.9. The molecule has 126 valence electrons. The van der Waals surface area contributed by atoms with Crippen LogP contribution in [0.1, 0.15) is 33.6 Å². The third-order valence-electron chi connectivity index (χ3n) is 3.20. The van der Waals surface area contributed by atoms with E-state index in [2.05, 4.69) is 16.0 Å². The second-order valence-electron chi connectivity index (χ2n) is 6.70. The summed E-state index contributed by atoms with van der Waals surface area (Å²) in [4.78, 5) is 23.2. The molecule has 0 spiro atoms. The Kier molecular flexibility index (Phi) is 5.47. The molecule has 2 amide bonds. The van der Waals surface area contributed by atoms with Crippen molar-refractivity contribution in [3.05, 3.63) is 24.3 Å². The lowest BCUT2D eigenvalue weighted by Gasteiger charge is -2.19. The summed E-state index contributed by atoms with van der Waals surface area (Å²) < 4.78 is 5.16. The SMILES string of the molecule is CC(C)(C)OC(=O)NCCNc1cccc(NC(=O)C2CC2)c1. The smallest absolute Gasteiger partial charge is 0.407 e. The molecular formula is C17H25N3O3. The molecule has 1 saturated carbocycles. The van der Waals surface area contributed by atoms with Gasteiger partial charge in [-0.05, 0) is 51.8 Å². The number of anilines is 2. The number of nitrogens with one attached hydrogen (secondary N) is 3. The van der Waals surface area contributed by atoms with Crippen LogP contribution in [0, 0.1) is 5.92 Å². The van der Waals surface area contributed by atoms with Crippen LogP contribution in [0.15, 0.2) is 24.3 Å². The summed E-state index contributed by atoms with van der Waals surface area (Å²) in [5.74, 6) is 0.276. The highest BCUT2D eigenvalue weighted by atomic mass is 16.6. The van der Waals surface area contributed by atoms with Crippen molar-refractivity contribution in [2.75, 3.05) is 23.7 Å². The molecule has 0 unspecified atom stereocenters. The highest BCUT2D eigenvalue weighted by molar-refractivity contribution is 5.94. The number of carbonyl (C=O) groups excluding carboxylic acids is 2. The second kappa shape index (κ2) is 7.35. The summed E-state index contributed by atoms with van der Waals surface area (Å²) in [7, 11) is 0. The third kappa shape index (κ3) is 6.59. The summed E-state index contributed by atoms with van der Waals surface area (Å²) in [6.07, 6.45) is 1.55. The number of benzene rings is 1. The van der Waals surface area contributed by atoms with Gasteiger partial charge in [0.05, 0.1) is 0 Å². The van der Waals surface area contributed by atoms with Crippen LogP contribution in [-0.4, -0.2) is 30.7 Å². The van der Waals surface area contributed by atoms with Crippen molar-refractivity contribution < 1.29 is 14.3 Å². The van der Waals surface area contributed by atoms with Crippen molar-refractivity contribution in [3.8, 4) is 0 Å². The van der Waals surface area contributed by atoms with Gasteiger partial charge in [0.25, 0.3) is 0 Å². The Hall–Kier alpha value is -2.24. The zero-order valence-electron chi connectivity index (χ0n) is 13.9. The van der Waals surface area contributed by atoms with Gasteiger partial charge in [-0.15, -0.1) is 0 Å². The van der Waals surface area contributed by atoms with Crippen LogP contribution in [0.3, 0.4) is 0 Å². The van der Waals surface area contributed by atoms with Gasteiger partial charge in [0.2, 0.25) is 5.91 Å². The molecule has 1 fully saturated rings. The summed E-state index contributed by atoms with van der Waals surface area (Å²) >= 11 is 0. The fourth-order valence-electron chi connectivity index (χ4n) is 1.98. The van der Waals surface area contributed by atoms with Gasteiger partial charge in [-0.25, -0.2) is 4.79 Å². The van der Waals surface area contributed by atoms with Gasteiger partial charge in [-0.1, -0.05) is 6.07 Å². The summed E-state index contributed by atoms with van der Waals surface area (Å²) in [5, 5.41) is 8.80. The average molecular weight is 319 g/mol. The number of amides is 2. The maximum Gasteiger partial charge on any atom is 0.407 e. The first-order valence-corrected chi connectivity index (χ1v) is 7.95. The Morgan fingerprint density at radius 3 is 2.52 bits per heavy atom. The first-order chi connectivity index (χ1) is 10.8. The predicted octanol–water partition coefficient (Wildman–Crippen LogP) is 2.97. The molecule has 2 rings (SSSR count). The Bertz CT molecular complexity index is 562. The zero-order valence-corrected chi connectivity index (χ0v) is 13.9. The van der Waals surface area contributed by atoms with E-state index < -0.39 is 11.7 Å². The fourth-order valence-corrected chi connectivity index (χ4v) is 1.98. The molecule has 1 aliphatic carbocycles. The van der Waals surface area contributed by atoms with Gasteiger partial charge in [0.15, 0.2) is 0 Å². The second-order valence-corrected chi connectivity index (χ2v) is 6.70. The van der Waals surface area contributed by atoms with Gasteiger partial charge >= 0.3 is 6.09 Å². The Labute approximate surface area is 137 Å². The van der Waals surface area contributed by atoms with E-state index in [1.807, 2.05) is 45.0 Å². The minimum atomic E-state index is -0.494. The minimum Gasteiger partial charge on any atom is -0.444 e. The van der Waals surface area contributed by atoms with E-state index in [4.69, 9.17) is 4.74 Å². The van der Waals surface area contributed by atoms with Gasteiger partial charge in [0.1, 0.15) is 5.60 Å². The van der Waals surface area contributed by atoms with Crippen LogP contribution in [0.2, 0.25) is 0 Å². The highest BCUT2D eigenvalue weighted by Crippen LogP contribution is 2.30. The summed E-state index contributed by atoms with van der Waals surface area (Å²) in [6.45, 7) is 6.50. The van der Waals surface area contributed by atoms with Gasteiger partial charge in [-0.2, -0.15) is 0 Å². The molecule has 3 N–H and O–H groups in total. The fraction of sp³-hybridized carbons (Fsp3) is 0.529. The highest BCUT2D eigenvalue weighted by Gasteiger charge is 2.29. The van der Waals surface area contributed by atoms with E-state index in [-0.39, 0.29) is 11.8 Å². The monoisotopic (exact) mass is 319 g/mol. The number of hydrogen-bond acceptors (Lipinski definition) is 4. The van der Waals surface area contributed by atoms with E-state index in [0.29, 0.717) is 13.1 Å². The van der Waals surface area contributed by atoms with E-state index in [1.54, 1.807) is 0 Å². The number of rotatable bonds is 6. The molecule has 0 bridgehead atoms. The Morgan fingerprint density at radius 1 is 1.17 bits per heavy atom. The van der Waals surface area contributed by atoms with Gasteiger partial charge in [-0.3, -0.25) is 4.79 Å². The predicted molar refractivity (Wildman–Crippen MR) is 90.5 cm³/mol. The Balaban J connectivity index is 1.71. The first kappa shape index (κ1) is 17.1. The molecule has 0 atom stereocenters. The molecule has 6 nitrogen and oxygen atoms in total. The molecule has 0 saturated heterocycles. The van der Waals surface area contributed by atoms with Crippen molar-refractivity contribution in [3.63, 3.8) is 0 Å². The van der Waals surface area contributed by atoms with Crippen molar-refractivity contribution in [1.29, 1.82) is 0 Å². The lowest BCUT2D eigenvalue weighted by molar-refractivity contribution is -0.117. The third-order valence-corrected chi connectivity index (χ3v) is 3.20. The summed E-state index contributed by atoms with van der Waals surface area (Å²) in [5.41, 5.74) is 1.18. The van der Waals surface area contributed by atoms with E-state index in [1.165, 1.54) is 0 Å². The molecule has 0 aromatic heterocycles. The van der Waals surface area contributed by atoms with Crippen LogP contribution in [0.5, 0.6) is 0 Å². The van der Waals surface area contributed by atoms with Gasteiger partial charge in [0, 0.05) is 30.4 Å². The molecule has 0 radical (unpaired) electrons. The first-order valence-electron chi connectivity index (χ1n) is 7.95.